The minimum atomic E-state index is -0.546. The van der Waals surface area contributed by atoms with E-state index in [4.69, 9.17) is 9.47 Å². The zero-order valence-electron chi connectivity index (χ0n) is 21.2. The predicted octanol–water partition coefficient (Wildman–Crippen LogP) is 5.83. The molecule has 2 aliphatic heterocycles. The van der Waals surface area contributed by atoms with E-state index in [1.54, 1.807) is 10.8 Å². The summed E-state index contributed by atoms with van der Waals surface area (Å²) in [5.41, 5.74) is 3.66. The Morgan fingerprint density at radius 3 is 2.37 bits per heavy atom. The van der Waals surface area contributed by atoms with Crippen molar-refractivity contribution in [2.75, 3.05) is 14.2 Å². The minimum absolute atomic E-state index is 0.101. The van der Waals surface area contributed by atoms with E-state index >= 15 is 0 Å². The number of nitrogens with zero attached hydrogens (tertiary/aromatic N) is 2. The zero-order chi connectivity index (χ0) is 24.9. The van der Waals surface area contributed by atoms with Crippen LogP contribution in [0.25, 0.3) is 22.0 Å². The lowest BCUT2D eigenvalue weighted by Gasteiger charge is -2.41. The first kappa shape index (κ1) is 23.6. The monoisotopic (exact) mass is 474 g/mol. The molecule has 0 saturated carbocycles. The van der Waals surface area contributed by atoms with E-state index < -0.39 is 5.60 Å². The molecule has 0 N–H and O–H groups in total. The molecule has 2 bridgehead atoms. The second kappa shape index (κ2) is 8.83. The summed E-state index contributed by atoms with van der Waals surface area (Å²) in [6, 6.07) is 17.4. The summed E-state index contributed by atoms with van der Waals surface area (Å²) in [6.07, 6.45) is 4.56. The van der Waals surface area contributed by atoms with Crippen LogP contribution in [-0.2, 0) is 14.3 Å². The molecule has 3 aromatic rings. The Kier molecular flexibility index (Phi) is 5.96. The molecule has 0 radical (unpaired) electrons. The SMILES string of the molecule is COC(=O)[C@H]1[C@@H](c2ccc(-c3ccc4c(ccn4C(=O)OC(C)(C)C)c3)cc2)C[C@@H]2CC[C@H]1N2C. The number of aromatic nitrogens is 1. The van der Waals surface area contributed by atoms with Gasteiger partial charge in [-0.1, -0.05) is 30.3 Å². The van der Waals surface area contributed by atoms with E-state index in [0.717, 1.165) is 41.3 Å². The highest BCUT2D eigenvalue weighted by Crippen LogP contribution is 2.46. The van der Waals surface area contributed by atoms with Crippen LogP contribution in [0.2, 0.25) is 0 Å². The molecule has 6 heteroatoms. The van der Waals surface area contributed by atoms with Gasteiger partial charge in [-0.2, -0.15) is 0 Å². The van der Waals surface area contributed by atoms with Gasteiger partial charge in [0.05, 0.1) is 18.5 Å². The van der Waals surface area contributed by atoms with Crippen molar-refractivity contribution < 1.29 is 19.1 Å². The summed E-state index contributed by atoms with van der Waals surface area (Å²) in [5.74, 6) is -0.0506. The zero-order valence-corrected chi connectivity index (χ0v) is 21.2. The molecular weight excluding hydrogens is 440 g/mol. The van der Waals surface area contributed by atoms with Crippen molar-refractivity contribution in [3.05, 3.63) is 60.3 Å². The van der Waals surface area contributed by atoms with Gasteiger partial charge >= 0.3 is 12.1 Å². The highest BCUT2D eigenvalue weighted by molar-refractivity contribution is 5.92. The highest BCUT2D eigenvalue weighted by Gasteiger charge is 2.49. The Morgan fingerprint density at radius 2 is 1.69 bits per heavy atom. The lowest BCUT2D eigenvalue weighted by molar-refractivity contribution is -0.150. The predicted molar refractivity (Wildman–Crippen MR) is 136 cm³/mol. The highest BCUT2D eigenvalue weighted by atomic mass is 16.6. The number of benzene rings is 2. The first-order valence-corrected chi connectivity index (χ1v) is 12.4. The first-order chi connectivity index (χ1) is 16.7. The molecule has 0 spiro atoms. The van der Waals surface area contributed by atoms with E-state index in [1.807, 2.05) is 39.0 Å². The molecule has 184 valence electrons. The molecule has 0 amide bonds. The number of ether oxygens (including phenoxy) is 2. The molecule has 35 heavy (non-hydrogen) atoms. The molecule has 0 unspecified atom stereocenters. The van der Waals surface area contributed by atoms with E-state index in [-0.39, 0.29) is 29.9 Å². The van der Waals surface area contributed by atoms with Crippen LogP contribution in [-0.4, -0.2) is 53.4 Å². The van der Waals surface area contributed by atoms with Crippen LogP contribution >= 0.6 is 0 Å². The molecule has 3 heterocycles. The Balaban J connectivity index is 1.40. The average molecular weight is 475 g/mol. The van der Waals surface area contributed by atoms with Crippen LogP contribution in [0, 0.1) is 5.92 Å². The van der Waals surface area contributed by atoms with Crippen molar-refractivity contribution in [2.45, 2.75) is 63.6 Å². The smallest absolute Gasteiger partial charge is 0.418 e. The third-order valence-corrected chi connectivity index (χ3v) is 7.69. The van der Waals surface area contributed by atoms with E-state index in [1.165, 1.54) is 12.7 Å². The first-order valence-electron chi connectivity index (χ1n) is 12.4. The second-order valence-corrected chi connectivity index (χ2v) is 10.9. The Hall–Kier alpha value is -3.12. The van der Waals surface area contributed by atoms with Crippen molar-refractivity contribution in [3.63, 3.8) is 0 Å². The van der Waals surface area contributed by atoms with Gasteiger partial charge in [0.2, 0.25) is 0 Å². The summed E-state index contributed by atoms with van der Waals surface area (Å²) in [5, 5.41) is 0.982. The molecule has 5 rings (SSSR count). The largest absolute Gasteiger partial charge is 0.469 e. The average Bonchev–Trinajstić information content (AvgIpc) is 3.34. The van der Waals surface area contributed by atoms with Gasteiger partial charge in [0, 0.05) is 29.6 Å². The van der Waals surface area contributed by atoms with Crippen molar-refractivity contribution >= 4 is 23.0 Å². The Bertz CT molecular complexity index is 1250. The molecule has 4 atom stereocenters. The molecule has 2 fully saturated rings. The summed E-state index contributed by atoms with van der Waals surface area (Å²) in [4.78, 5) is 27.7. The van der Waals surface area contributed by atoms with E-state index in [2.05, 4.69) is 42.3 Å². The number of esters is 1. The topological polar surface area (TPSA) is 60.8 Å². The Labute approximate surface area is 206 Å². The normalized spacial score (nSPS) is 24.5. The second-order valence-electron chi connectivity index (χ2n) is 10.9. The number of rotatable bonds is 3. The van der Waals surface area contributed by atoms with Gasteiger partial charge < -0.3 is 9.47 Å². The maximum Gasteiger partial charge on any atom is 0.418 e. The van der Waals surface area contributed by atoms with Gasteiger partial charge in [0.15, 0.2) is 0 Å². The fourth-order valence-corrected chi connectivity index (χ4v) is 5.98. The molecule has 1 aromatic heterocycles. The number of hydrogen-bond donors (Lipinski definition) is 0. The summed E-state index contributed by atoms with van der Waals surface area (Å²) in [6.45, 7) is 5.59. The molecule has 2 saturated heterocycles. The number of piperidine rings is 1. The van der Waals surface area contributed by atoms with Gasteiger partial charge in [-0.15, -0.1) is 0 Å². The number of carbonyl (C=O) groups is 2. The quantitative estimate of drug-likeness (QED) is 0.447. The van der Waals surface area contributed by atoms with Crippen LogP contribution in [0.5, 0.6) is 0 Å². The molecule has 6 nitrogen and oxygen atoms in total. The number of methoxy groups -OCH3 is 1. The van der Waals surface area contributed by atoms with Gasteiger partial charge in [-0.25, -0.2) is 4.79 Å². The third kappa shape index (κ3) is 4.36. The Morgan fingerprint density at radius 1 is 0.971 bits per heavy atom. The fourth-order valence-electron chi connectivity index (χ4n) is 5.98. The molecule has 0 aliphatic carbocycles. The van der Waals surface area contributed by atoms with E-state index in [9.17, 15) is 9.59 Å². The van der Waals surface area contributed by atoms with Gasteiger partial charge in [-0.3, -0.25) is 14.3 Å². The van der Waals surface area contributed by atoms with Gasteiger partial charge in [0.1, 0.15) is 5.60 Å². The lowest BCUT2D eigenvalue weighted by Crippen LogP contribution is -2.49. The third-order valence-electron chi connectivity index (χ3n) is 7.69. The van der Waals surface area contributed by atoms with Gasteiger partial charge in [0.25, 0.3) is 0 Å². The van der Waals surface area contributed by atoms with Crippen LogP contribution in [0.3, 0.4) is 0 Å². The summed E-state index contributed by atoms with van der Waals surface area (Å²) >= 11 is 0. The fraction of sp³-hybridized carbons (Fsp3) is 0.448. The van der Waals surface area contributed by atoms with Crippen LogP contribution in [0.1, 0.15) is 51.5 Å². The maximum atomic E-state index is 12.7. The van der Waals surface area contributed by atoms with Crippen LogP contribution < -0.4 is 0 Å². The van der Waals surface area contributed by atoms with Crippen LogP contribution in [0.4, 0.5) is 4.79 Å². The van der Waals surface area contributed by atoms with Crippen molar-refractivity contribution in [3.8, 4) is 11.1 Å². The number of carbonyl (C=O) groups excluding carboxylic acids is 2. The standard InChI is InChI=1S/C29H34N2O4/c1-29(2,3)35-28(33)31-15-14-21-16-20(10-12-24(21)31)18-6-8-19(9-7-18)23-17-22-11-13-25(30(22)4)26(23)27(32)34-5/h6-10,12,14-16,22-23,25-26H,11,13,17H2,1-5H3/t22-,23+,25+,26-/m0/s1. The summed E-state index contributed by atoms with van der Waals surface area (Å²) < 4.78 is 12.3. The van der Waals surface area contributed by atoms with Crippen molar-refractivity contribution in [1.29, 1.82) is 0 Å². The van der Waals surface area contributed by atoms with E-state index in [0.29, 0.717) is 6.04 Å². The minimum Gasteiger partial charge on any atom is -0.469 e. The summed E-state index contributed by atoms with van der Waals surface area (Å²) in [7, 11) is 3.64. The lowest BCUT2D eigenvalue weighted by atomic mass is 9.76. The molecule has 2 aromatic carbocycles. The number of fused-ring (bicyclic) bond motifs is 3. The van der Waals surface area contributed by atoms with Crippen molar-refractivity contribution in [1.82, 2.24) is 9.47 Å². The number of hydrogen-bond acceptors (Lipinski definition) is 5. The molecule has 2 aliphatic rings. The maximum absolute atomic E-state index is 12.7. The van der Waals surface area contributed by atoms with Crippen LogP contribution in [0.15, 0.2) is 54.7 Å². The van der Waals surface area contributed by atoms with Crippen molar-refractivity contribution in [2.24, 2.45) is 5.92 Å². The molecular formula is C29H34N2O4. The van der Waals surface area contributed by atoms with Gasteiger partial charge in [-0.05, 0) is 82.0 Å².